The van der Waals surface area contributed by atoms with Gasteiger partial charge >= 0.3 is 6.18 Å². The van der Waals surface area contributed by atoms with Gasteiger partial charge in [0, 0.05) is 30.3 Å². The number of nitrogens with one attached hydrogen (secondary N) is 1. The van der Waals surface area contributed by atoms with E-state index in [1.807, 2.05) is 42.1 Å². The Balaban J connectivity index is 1.46. The molecule has 0 saturated heterocycles. The number of hydrogen-bond donors (Lipinski definition) is 1. The van der Waals surface area contributed by atoms with E-state index in [9.17, 15) is 18.0 Å². The number of benzene rings is 2. The number of para-hydroxylation sites is 1. The fourth-order valence-electron chi connectivity index (χ4n) is 3.04. The molecule has 0 aliphatic rings. The summed E-state index contributed by atoms with van der Waals surface area (Å²) < 4.78 is 45.7. The molecule has 2 aromatic carbocycles. The van der Waals surface area contributed by atoms with Gasteiger partial charge in [-0.3, -0.25) is 4.79 Å². The Bertz CT molecular complexity index is 1200. The Morgan fingerprint density at radius 3 is 2.47 bits per heavy atom. The topological polar surface area (TPSA) is 56.1 Å². The molecule has 0 spiro atoms. The number of fused-ring (bicyclic) bond motifs is 1. The summed E-state index contributed by atoms with van der Waals surface area (Å²) in [5, 5.41) is 3.64. The standard InChI is InChI=1S/C22H16F3N3O2/c1-28-12-11-14-3-2-4-18(20(14)28)30-19-10-9-17(13-26-19)27-21(29)15-5-7-16(8-6-15)22(23,24)25/h2-13H,1H3,(H,27,29). The molecule has 4 aromatic rings. The van der Waals surface area contributed by atoms with Gasteiger partial charge in [0.25, 0.3) is 5.91 Å². The highest BCUT2D eigenvalue weighted by Gasteiger charge is 2.30. The molecule has 152 valence electrons. The van der Waals surface area contributed by atoms with Gasteiger partial charge in [-0.25, -0.2) is 4.98 Å². The second-order valence-electron chi connectivity index (χ2n) is 6.64. The van der Waals surface area contributed by atoms with Crippen molar-refractivity contribution in [2.75, 3.05) is 5.32 Å². The summed E-state index contributed by atoms with van der Waals surface area (Å²) in [6.07, 6.45) is -1.09. The lowest BCUT2D eigenvalue weighted by atomic mass is 10.1. The second-order valence-corrected chi connectivity index (χ2v) is 6.64. The number of carbonyl (C=O) groups is 1. The average molecular weight is 411 g/mol. The number of ether oxygens (including phenoxy) is 1. The largest absolute Gasteiger partial charge is 0.437 e. The molecule has 4 rings (SSSR count). The number of aryl methyl sites for hydroxylation is 1. The van der Waals surface area contributed by atoms with Crippen molar-refractivity contribution in [1.82, 2.24) is 9.55 Å². The van der Waals surface area contributed by atoms with Crippen molar-refractivity contribution < 1.29 is 22.7 Å². The molecule has 5 nitrogen and oxygen atoms in total. The third-order valence-corrected chi connectivity index (χ3v) is 4.54. The first kappa shape index (κ1) is 19.5. The van der Waals surface area contributed by atoms with Gasteiger partial charge < -0.3 is 14.6 Å². The Morgan fingerprint density at radius 2 is 1.80 bits per heavy atom. The number of halogens is 3. The van der Waals surface area contributed by atoms with Crippen LogP contribution in [0.4, 0.5) is 18.9 Å². The number of hydrogen-bond acceptors (Lipinski definition) is 3. The van der Waals surface area contributed by atoms with E-state index in [1.165, 1.54) is 6.20 Å². The first-order valence-corrected chi connectivity index (χ1v) is 8.98. The van der Waals surface area contributed by atoms with Crippen LogP contribution in [0.15, 0.2) is 73.1 Å². The summed E-state index contributed by atoms with van der Waals surface area (Å²) >= 11 is 0. The molecule has 2 heterocycles. The number of alkyl halides is 3. The first-order chi connectivity index (χ1) is 14.3. The average Bonchev–Trinajstić information content (AvgIpc) is 3.11. The minimum absolute atomic E-state index is 0.110. The van der Waals surface area contributed by atoms with Gasteiger partial charge in [0.1, 0.15) is 0 Å². The van der Waals surface area contributed by atoms with Crippen LogP contribution in [-0.4, -0.2) is 15.5 Å². The highest BCUT2D eigenvalue weighted by atomic mass is 19.4. The smallest absolute Gasteiger partial charge is 0.416 e. The van der Waals surface area contributed by atoms with Crippen molar-refractivity contribution in [3.05, 3.63) is 84.2 Å². The molecule has 0 aliphatic heterocycles. The van der Waals surface area contributed by atoms with Crippen LogP contribution in [-0.2, 0) is 13.2 Å². The van der Waals surface area contributed by atoms with Crippen molar-refractivity contribution in [2.24, 2.45) is 7.05 Å². The Hall–Kier alpha value is -3.81. The maximum atomic E-state index is 12.6. The third-order valence-electron chi connectivity index (χ3n) is 4.54. The molecule has 0 unspecified atom stereocenters. The van der Waals surface area contributed by atoms with Crippen LogP contribution >= 0.6 is 0 Å². The number of anilines is 1. The maximum Gasteiger partial charge on any atom is 0.416 e. The predicted octanol–water partition coefficient (Wildman–Crippen LogP) is 5.64. The quantitative estimate of drug-likeness (QED) is 0.473. The summed E-state index contributed by atoms with van der Waals surface area (Å²) in [5.74, 6) is 0.457. The number of pyridine rings is 1. The molecule has 0 atom stereocenters. The van der Waals surface area contributed by atoms with Crippen molar-refractivity contribution in [3.8, 4) is 11.6 Å². The number of nitrogens with zero attached hydrogens (tertiary/aromatic N) is 2. The number of rotatable bonds is 4. The van der Waals surface area contributed by atoms with Crippen LogP contribution in [0.1, 0.15) is 15.9 Å². The lowest BCUT2D eigenvalue weighted by molar-refractivity contribution is -0.137. The van der Waals surface area contributed by atoms with E-state index in [1.54, 1.807) is 12.1 Å². The molecule has 1 N–H and O–H groups in total. The van der Waals surface area contributed by atoms with E-state index >= 15 is 0 Å². The summed E-state index contributed by atoms with van der Waals surface area (Å²) in [6.45, 7) is 0. The van der Waals surface area contributed by atoms with Crippen molar-refractivity contribution in [3.63, 3.8) is 0 Å². The van der Waals surface area contributed by atoms with Crippen LogP contribution in [0.2, 0.25) is 0 Å². The molecule has 2 aromatic heterocycles. The summed E-state index contributed by atoms with van der Waals surface area (Å²) in [4.78, 5) is 16.4. The zero-order valence-corrected chi connectivity index (χ0v) is 15.8. The Morgan fingerprint density at radius 1 is 1.03 bits per heavy atom. The van der Waals surface area contributed by atoms with Crippen LogP contribution in [0.3, 0.4) is 0 Å². The Labute approximate surface area is 169 Å². The fourth-order valence-corrected chi connectivity index (χ4v) is 3.04. The highest BCUT2D eigenvalue weighted by Crippen LogP contribution is 2.30. The molecule has 0 bridgehead atoms. The molecule has 30 heavy (non-hydrogen) atoms. The van der Waals surface area contributed by atoms with Gasteiger partial charge in [-0.05, 0) is 42.5 Å². The fraction of sp³-hybridized carbons (Fsp3) is 0.0909. The molecule has 0 fully saturated rings. The van der Waals surface area contributed by atoms with E-state index in [2.05, 4.69) is 10.3 Å². The number of aromatic nitrogens is 2. The lowest BCUT2D eigenvalue weighted by Crippen LogP contribution is -2.13. The summed E-state index contributed by atoms with van der Waals surface area (Å²) in [6, 6.07) is 14.9. The first-order valence-electron chi connectivity index (χ1n) is 8.98. The number of amides is 1. The van der Waals surface area contributed by atoms with E-state index in [4.69, 9.17) is 4.74 Å². The molecule has 1 amide bonds. The number of carbonyl (C=O) groups excluding carboxylic acids is 1. The minimum atomic E-state index is -4.45. The normalized spacial score (nSPS) is 11.5. The Kier molecular flexibility index (Phi) is 4.91. The van der Waals surface area contributed by atoms with Crippen LogP contribution < -0.4 is 10.1 Å². The van der Waals surface area contributed by atoms with Gasteiger partial charge in [-0.15, -0.1) is 0 Å². The van der Waals surface area contributed by atoms with Crippen LogP contribution in [0.5, 0.6) is 11.6 Å². The van der Waals surface area contributed by atoms with Gasteiger partial charge in [-0.1, -0.05) is 12.1 Å². The second kappa shape index (κ2) is 7.55. The van der Waals surface area contributed by atoms with Gasteiger partial charge in [0.05, 0.1) is 23.0 Å². The lowest BCUT2D eigenvalue weighted by Gasteiger charge is -2.10. The summed E-state index contributed by atoms with van der Waals surface area (Å²) in [7, 11) is 1.92. The monoisotopic (exact) mass is 411 g/mol. The predicted molar refractivity (Wildman–Crippen MR) is 107 cm³/mol. The van der Waals surface area contributed by atoms with E-state index < -0.39 is 17.6 Å². The highest BCUT2D eigenvalue weighted by molar-refractivity contribution is 6.04. The molecule has 0 aliphatic carbocycles. The molecule has 0 radical (unpaired) electrons. The van der Waals surface area contributed by atoms with E-state index in [-0.39, 0.29) is 5.56 Å². The van der Waals surface area contributed by atoms with Gasteiger partial charge in [0.15, 0.2) is 5.75 Å². The van der Waals surface area contributed by atoms with E-state index in [0.29, 0.717) is 17.3 Å². The van der Waals surface area contributed by atoms with Crippen molar-refractivity contribution in [1.29, 1.82) is 0 Å². The maximum absolute atomic E-state index is 12.6. The van der Waals surface area contributed by atoms with Crippen LogP contribution in [0.25, 0.3) is 10.9 Å². The zero-order chi connectivity index (χ0) is 21.3. The molecule has 8 heteroatoms. The zero-order valence-electron chi connectivity index (χ0n) is 15.8. The SMILES string of the molecule is Cn1ccc2cccc(Oc3ccc(NC(=O)c4ccc(C(F)(F)F)cc4)cn3)c21. The molecular formula is C22H16F3N3O2. The van der Waals surface area contributed by atoms with Gasteiger partial charge in [-0.2, -0.15) is 13.2 Å². The van der Waals surface area contributed by atoms with Gasteiger partial charge in [0.2, 0.25) is 5.88 Å². The molecular weight excluding hydrogens is 395 g/mol. The van der Waals surface area contributed by atoms with Crippen LogP contribution in [0, 0.1) is 0 Å². The van der Waals surface area contributed by atoms with E-state index in [0.717, 1.165) is 35.2 Å². The van der Waals surface area contributed by atoms with Crippen molar-refractivity contribution in [2.45, 2.75) is 6.18 Å². The summed E-state index contributed by atoms with van der Waals surface area (Å²) in [5.41, 5.74) is 0.623. The third kappa shape index (κ3) is 3.98. The minimum Gasteiger partial charge on any atom is -0.437 e. The molecule has 0 saturated carbocycles. The van der Waals surface area contributed by atoms with Crippen molar-refractivity contribution >= 4 is 22.5 Å².